The molecular formula is C20H26F2. The van der Waals surface area contributed by atoms with Gasteiger partial charge in [-0.1, -0.05) is 56.2 Å². The molecule has 0 amide bonds. The first-order chi connectivity index (χ1) is 10.7. The van der Waals surface area contributed by atoms with E-state index in [1.807, 2.05) is 0 Å². The summed E-state index contributed by atoms with van der Waals surface area (Å²) in [6.45, 7) is 0. The molecule has 0 nitrogen and oxygen atoms in total. The molecule has 0 bridgehead atoms. The van der Waals surface area contributed by atoms with Crippen molar-refractivity contribution in [2.24, 2.45) is 11.8 Å². The van der Waals surface area contributed by atoms with E-state index in [1.165, 1.54) is 81.9 Å². The minimum atomic E-state index is -0.756. The fourth-order valence-electron chi connectivity index (χ4n) is 4.24. The van der Waals surface area contributed by atoms with Crippen LogP contribution in [0.15, 0.2) is 23.8 Å². The van der Waals surface area contributed by atoms with E-state index in [4.69, 9.17) is 0 Å². The van der Waals surface area contributed by atoms with Crippen LogP contribution in [-0.2, 0) is 0 Å². The SMILES string of the molecule is Fc1ccc(C=C(C2CCCCC2)C2CCCCC2)cc1F. The molecule has 3 rings (SSSR count). The Morgan fingerprint density at radius 1 is 0.773 bits per heavy atom. The summed E-state index contributed by atoms with van der Waals surface area (Å²) < 4.78 is 26.7. The van der Waals surface area contributed by atoms with E-state index in [0.29, 0.717) is 11.8 Å². The van der Waals surface area contributed by atoms with Crippen LogP contribution in [0, 0.1) is 23.5 Å². The molecule has 0 spiro atoms. The third-order valence-corrected chi connectivity index (χ3v) is 5.43. The Kier molecular flexibility index (Phi) is 5.28. The van der Waals surface area contributed by atoms with Crippen LogP contribution in [0.2, 0.25) is 0 Å². The van der Waals surface area contributed by atoms with Gasteiger partial charge in [-0.25, -0.2) is 8.78 Å². The predicted molar refractivity (Wildman–Crippen MR) is 87.5 cm³/mol. The second-order valence-electron chi connectivity index (χ2n) is 6.99. The van der Waals surface area contributed by atoms with Crippen molar-refractivity contribution in [1.29, 1.82) is 0 Å². The first kappa shape index (κ1) is 15.7. The maximum atomic E-state index is 13.5. The third-order valence-electron chi connectivity index (χ3n) is 5.43. The van der Waals surface area contributed by atoms with Crippen molar-refractivity contribution >= 4 is 6.08 Å². The zero-order valence-electron chi connectivity index (χ0n) is 13.3. The maximum absolute atomic E-state index is 13.5. The lowest BCUT2D eigenvalue weighted by atomic mass is 9.73. The highest BCUT2D eigenvalue weighted by molar-refractivity contribution is 5.54. The largest absolute Gasteiger partial charge is 0.204 e. The first-order valence-electron chi connectivity index (χ1n) is 8.90. The third kappa shape index (κ3) is 3.77. The number of allylic oxidation sites excluding steroid dienone is 1. The van der Waals surface area contributed by atoms with Gasteiger partial charge in [0.25, 0.3) is 0 Å². The highest BCUT2D eigenvalue weighted by atomic mass is 19.2. The predicted octanol–water partition coefficient (Wildman–Crippen LogP) is 6.51. The Labute approximate surface area is 132 Å². The van der Waals surface area contributed by atoms with E-state index in [0.717, 1.165) is 5.56 Å². The molecule has 0 heterocycles. The van der Waals surface area contributed by atoms with Gasteiger partial charge in [0.1, 0.15) is 0 Å². The van der Waals surface area contributed by atoms with Gasteiger partial charge < -0.3 is 0 Å². The van der Waals surface area contributed by atoms with Crippen LogP contribution >= 0.6 is 0 Å². The smallest absolute Gasteiger partial charge is 0.159 e. The molecule has 0 N–H and O–H groups in total. The monoisotopic (exact) mass is 304 g/mol. The molecule has 2 fully saturated rings. The van der Waals surface area contributed by atoms with Gasteiger partial charge in [0.2, 0.25) is 0 Å². The second kappa shape index (κ2) is 7.39. The van der Waals surface area contributed by atoms with Crippen molar-refractivity contribution in [3.63, 3.8) is 0 Å². The molecule has 1 aromatic rings. The van der Waals surface area contributed by atoms with Crippen molar-refractivity contribution in [2.45, 2.75) is 64.2 Å². The number of hydrogen-bond acceptors (Lipinski definition) is 0. The molecule has 2 aliphatic rings. The Hall–Kier alpha value is -1.18. The van der Waals surface area contributed by atoms with Gasteiger partial charge in [0.05, 0.1) is 0 Å². The summed E-state index contributed by atoms with van der Waals surface area (Å²) in [7, 11) is 0. The molecule has 22 heavy (non-hydrogen) atoms. The quantitative estimate of drug-likeness (QED) is 0.597. The van der Waals surface area contributed by atoms with Crippen LogP contribution < -0.4 is 0 Å². The molecule has 2 heteroatoms. The Balaban J connectivity index is 1.88. The van der Waals surface area contributed by atoms with E-state index in [1.54, 1.807) is 6.07 Å². The van der Waals surface area contributed by atoms with E-state index >= 15 is 0 Å². The zero-order valence-corrected chi connectivity index (χ0v) is 13.3. The second-order valence-corrected chi connectivity index (χ2v) is 6.99. The normalized spacial score (nSPS) is 20.8. The molecule has 1 aromatic carbocycles. The Bertz CT molecular complexity index is 501. The van der Waals surface area contributed by atoms with Gasteiger partial charge in [-0.05, 0) is 55.2 Å². The molecule has 2 aliphatic carbocycles. The molecule has 0 radical (unpaired) electrons. The van der Waals surface area contributed by atoms with Crippen LogP contribution in [0.25, 0.3) is 6.08 Å². The lowest BCUT2D eigenvalue weighted by Gasteiger charge is -2.32. The standard InChI is InChI=1S/C20H26F2/c21-19-12-11-15(14-20(19)22)13-18(16-7-3-1-4-8-16)17-9-5-2-6-10-17/h11-14,16-17H,1-10H2. The van der Waals surface area contributed by atoms with Crippen molar-refractivity contribution in [1.82, 2.24) is 0 Å². The van der Waals surface area contributed by atoms with Crippen molar-refractivity contribution in [2.75, 3.05) is 0 Å². The number of halogens is 2. The van der Waals surface area contributed by atoms with Gasteiger partial charge in [0.15, 0.2) is 11.6 Å². The summed E-state index contributed by atoms with van der Waals surface area (Å²) in [6, 6.07) is 4.31. The number of benzene rings is 1. The van der Waals surface area contributed by atoms with E-state index in [2.05, 4.69) is 6.08 Å². The zero-order chi connectivity index (χ0) is 15.4. The summed E-state index contributed by atoms with van der Waals surface area (Å²) in [5.41, 5.74) is 2.34. The van der Waals surface area contributed by atoms with E-state index in [-0.39, 0.29) is 0 Å². The molecule has 0 aliphatic heterocycles. The number of hydrogen-bond donors (Lipinski definition) is 0. The fraction of sp³-hybridized carbons (Fsp3) is 0.600. The summed E-state index contributed by atoms with van der Waals surface area (Å²) >= 11 is 0. The van der Waals surface area contributed by atoms with E-state index < -0.39 is 11.6 Å². The summed E-state index contributed by atoms with van der Waals surface area (Å²) in [5.74, 6) is -0.177. The average molecular weight is 304 g/mol. The average Bonchev–Trinajstić information content (AvgIpc) is 2.57. The molecule has 0 unspecified atom stereocenters. The lowest BCUT2D eigenvalue weighted by molar-refractivity contribution is 0.328. The van der Waals surface area contributed by atoms with Gasteiger partial charge in [-0.15, -0.1) is 0 Å². The van der Waals surface area contributed by atoms with Gasteiger partial charge >= 0.3 is 0 Å². The Morgan fingerprint density at radius 2 is 1.32 bits per heavy atom. The van der Waals surface area contributed by atoms with Crippen molar-refractivity contribution in [3.8, 4) is 0 Å². The van der Waals surface area contributed by atoms with Gasteiger partial charge in [-0.3, -0.25) is 0 Å². The summed E-state index contributed by atoms with van der Waals surface area (Å²) in [5, 5.41) is 0. The molecule has 0 aromatic heterocycles. The summed E-state index contributed by atoms with van der Waals surface area (Å²) in [6.07, 6.45) is 15.2. The highest BCUT2D eigenvalue weighted by Crippen LogP contribution is 2.40. The lowest BCUT2D eigenvalue weighted by Crippen LogP contribution is -2.18. The van der Waals surface area contributed by atoms with Crippen LogP contribution in [-0.4, -0.2) is 0 Å². The molecule has 0 atom stereocenters. The van der Waals surface area contributed by atoms with Crippen LogP contribution in [0.4, 0.5) is 8.78 Å². The van der Waals surface area contributed by atoms with Crippen LogP contribution in [0.1, 0.15) is 69.8 Å². The van der Waals surface area contributed by atoms with Gasteiger partial charge in [0, 0.05) is 0 Å². The molecule has 0 saturated heterocycles. The summed E-state index contributed by atoms with van der Waals surface area (Å²) in [4.78, 5) is 0. The van der Waals surface area contributed by atoms with Crippen molar-refractivity contribution < 1.29 is 8.78 Å². The Morgan fingerprint density at radius 3 is 1.82 bits per heavy atom. The molecule has 2 saturated carbocycles. The fourth-order valence-corrected chi connectivity index (χ4v) is 4.24. The molecule has 120 valence electrons. The van der Waals surface area contributed by atoms with Gasteiger partial charge in [-0.2, -0.15) is 0 Å². The maximum Gasteiger partial charge on any atom is 0.159 e. The number of rotatable bonds is 3. The minimum Gasteiger partial charge on any atom is -0.204 e. The first-order valence-corrected chi connectivity index (χ1v) is 8.90. The highest BCUT2D eigenvalue weighted by Gasteiger charge is 2.25. The van der Waals surface area contributed by atoms with Crippen molar-refractivity contribution in [3.05, 3.63) is 41.0 Å². The van der Waals surface area contributed by atoms with E-state index in [9.17, 15) is 8.78 Å². The molecular weight excluding hydrogens is 278 g/mol. The van der Waals surface area contributed by atoms with Crippen LogP contribution in [0.5, 0.6) is 0 Å². The topological polar surface area (TPSA) is 0 Å². The van der Waals surface area contributed by atoms with Crippen LogP contribution in [0.3, 0.4) is 0 Å². The minimum absolute atomic E-state index is 0.657.